The van der Waals surface area contributed by atoms with Gasteiger partial charge in [-0.05, 0) is 31.0 Å². The quantitative estimate of drug-likeness (QED) is 0.751. The summed E-state index contributed by atoms with van der Waals surface area (Å²) in [5.74, 6) is -1.45. The zero-order valence-electron chi connectivity index (χ0n) is 13.8. The lowest BCUT2D eigenvalue weighted by molar-refractivity contribution is -0.158. The molecule has 0 aromatic heterocycles. The minimum atomic E-state index is -1.06. The molecule has 0 bridgehead atoms. The highest BCUT2D eigenvalue weighted by molar-refractivity contribution is 6.32. The number of hydrogen-bond acceptors (Lipinski definition) is 4. The molecule has 0 radical (unpaired) electrons. The molecule has 136 valence electrons. The van der Waals surface area contributed by atoms with Crippen molar-refractivity contribution in [2.75, 3.05) is 6.61 Å². The van der Waals surface area contributed by atoms with Gasteiger partial charge < -0.3 is 14.8 Å². The third kappa shape index (κ3) is 4.95. The number of rotatable bonds is 7. The molecule has 5 nitrogen and oxygen atoms in total. The van der Waals surface area contributed by atoms with Gasteiger partial charge in [-0.2, -0.15) is 0 Å². The van der Waals surface area contributed by atoms with Gasteiger partial charge in [0.1, 0.15) is 11.6 Å². The molecular weight excluding hydrogens is 361 g/mol. The molecule has 1 aliphatic carbocycles. The third-order valence-corrected chi connectivity index (χ3v) is 4.05. The lowest BCUT2D eigenvalue weighted by Gasteiger charge is -2.18. The van der Waals surface area contributed by atoms with Crippen molar-refractivity contribution in [3.8, 4) is 5.75 Å². The fourth-order valence-electron chi connectivity index (χ4n) is 2.30. The molecule has 0 unspecified atom stereocenters. The van der Waals surface area contributed by atoms with Gasteiger partial charge in [0.25, 0.3) is 5.91 Å². The van der Waals surface area contributed by atoms with E-state index in [0.29, 0.717) is 5.56 Å². The Bertz CT molecular complexity index is 795. The van der Waals surface area contributed by atoms with Crippen LogP contribution < -0.4 is 10.1 Å². The van der Waals surface area contributed by atoms with E-state index in [-0.39, 0.29) is 22.7 Å². The predicted molar refractivity (Wildman–Crippen MR) is 93.3 cm³/mol. The number of esters is 1. The summed E-state index contributed by atoms with van der Waals surface area (Å²) in [5, 5.41) is 2.87. The van der Waals surface area contributed by atoms with E-state index in [9.17, 15) is 14.0 Å². The second kappa shape index (κ2) is 8.19. The Hall–Kier alpha value is -2.60. The Labute approximate surface area is 155 Å². The molecule has 7 heteroatoms. The molecule has 1 amide bonds. The summed E-state index contributed by atoms with van der Waals surface area (Å²) in [4.78, 5) is 24.5. The van der Waals surface area contributed by atoms with Gasteiger partial charge in [-0.1, -0.05) is 41.9 Å². The molecule has 26 heavy (non-hydrogen) atoms. The van der Waals surface area contributed by atoms with Gasteiger partial charge in [-0.3, -0.25) is 4.79 Å². The van der Waals surface area contributed by atoms with Gasteiger partial charge in [0.15, 0.2) is 6.61 Å². The van der Waals surface area contributed by atoms with E-state index in [1.807, 2.05) is 0 Å². The fourth-order valence-corrected chi connectivity index (χ4v) is 2.52. The van der Waals surface area contributed by atoms with Crippen LogP contribution in [0, 0.1) is 5.82 Å². The minimum Gasteiger partial charge on any atom is -0.480 e. The van der Waals surface area contributed by atoms with Crippen LogP contribution in [0.1, 0.15) is 24.5 Å². The average molecular weight is 378 g/mol. The van der Waals surface area contributed by atoms with Crippen molar-refractivity contribution < 1.29 is 23.5 Å². The minimum absolute atomic E-state index is 0.0453. The second-order valence-electron chi connectivity index (χ2n) is 5.93. The summed E-state index contributed by atoms with van der Waals surface area (Å²) in [6, 6.07) is 12.5. The number of benzene rings is 2. The number of halogens is 2. The van der Waals surface area contributed by atoms with Gasteiger partial charge in [0, 0.05) is 11.6 Å². The summed E-state index contributed by atoms with van der Waals surface area (Å²) in [6.07, 6.45) is 0.789. The lowest BCUT2D eigenvalue weighted by Crippen LogP contribution is -2.34. The molecule has 2 aromatic rings. The van der Waals surface area contributed by atoms with Crippen LogP contribution in [-0.4, -0.2) is 24.5 Å². The SMILES string of the molecule is O=C(COc1ccc(F)cc1Cl)O[C@H](C(=O)NC1CC1)c1ccccc1. The van der Waals surface area contributed by atoms with E-state index in [0.717, 1.165) is 18.9 Å². The highest BCUT2D eigenvalue weighted by Crippen LogP contribution is 2.26. The van der Waals surface area contributed by atoms with Crippen molar-refractivity contribution in [2.24, 2.45) is 0 Å². The monoisotopic (exact) mass is 377 g/mol. The maximum atomic E-state index is 13.0. The van der Waals surface area contributed by atoms with Crippen LogP contribution in [0.15, 0.2) is 48.5 Å². The van der Waals surface area contributed by atoms with Gasteiger partial charge >= 0.3 is 5.97 Å². The average Bonchev–Trinajstić information content (AvgIpc) is 3.43. The number of nitrogens with one attached hydrogen (secondary N) is 1. The first kappa shape index (κ1) is 18.2. The van der Waals surface area contributed by atoms with Crippen molar-refractivity contribution in [3.05, 3.63) is 64.9 Å². The molecule has 0 aliphatic heterocycles. The van der Waals surface area contributed by atoms with Crippen molar-refractivity contribution in [1.82, 2.24) is 5.32 Å². The first-order valence-corrected chi connectivity index (χ1v) is 8.53. The molecular formula is C19H17ClFNO4. The Morgan fingerprint density at radius 3 is 2.58 bits per heavy atom. The van der Waals surface area contributed by atoms with Crippen molar-refractivity contribution in [1.29, 1.82) is 0 Å². The molecule has 1 N–H and O–H groups in total. The van der Waals surface area contributed by atoms with E-state index in [4.69, 9.17) is 21.1 Å². The predicted octanol–water partition coefficient (Wildman–Crippen LogP) is 3.42. The number of amides is 1. The van der Waals surface area contributed by atoms with Crippen LogP contribution in [-0.2, 0) is 14.3 Å². The summed E-state index contributed by atoms with van der Waals surface area (Å²) in [6.45, 7) is -0.453. The Morgan fingerprint density at radius 2 is 1.92 bits per heavy atom. The number of hydrogen-bond donors (Lipinski definition) is 1. The van der Waals surface area contributed by atoms with E-state index in [2.05, 4.69) is 5.32 Å². The first-order valence-electron chi connectivity index (χ1n) is 8.15. The van der Waals surface area contributed by atoms with Crippen LogP contribution in [0.2, 0.25) is 5.02 Å². The highest BCUT2D eigenvalue weighted by atomic mass is 35.5. The number of ether oxygens (including phenoxy) is 2. The molecule has 1 fully saturated rings. The molecule has 2 aromatic carbocycles. The van der Waals surface area contributed by atoms with Gasteiger partial charge in [-0.25, -0.2) is 9.18 Å². The largest absolute Gasteiger partial charge is 0.480 e. The van der Waals surface area contributed by atoms with E-state index in [1.54, 1.807) is 30.3 Å². The zero-order chi connectivity index (χ0) is 18.5. The second-order valence-corrected chi connectivity index (χ2v) is 6.33. The van der Waals surface area contributed by atoms with E-state index in [1.165, 1.54) is 12.1 Å². The normalized spacial score (nSPS) is 14.4. The van der Waals surface area contributed by atoms with Crippen LogP contribution in [0.3, 0.4) is 0 Å². The van der Waals surface area contributed by atoms with E-state index < -0.39 is 24.5 Å². The van der Waals surface area contributed by atoms with Crippen molar-refractivity contribution in [3.63, 3.8) is 0 Å². The maximum Gasteiger partial charge on any atom is 0.345 e. The Kier molecular flexibility index (Phi) is 5.73. The van der Waals surface area contributed by atoms with Crippen LogP contribution in [0.4, 0.5) is 4.39 Å². The number of carbonyl (C=O) groups excluding carboxylic acids is 2. The molecule has 1 atom stereocenters. The first-order chi connectivity index (χ1) is 12.5. The summed E-state index contributed by atoms with van der Waals surface area (Å²) < 4.78 is 23.6. The molecule has 1 aliphatic rings. The highest BCUT2D eigenvalue weighted by Gasteiger charge is 2.30. The lowest BCUT2D eigenvalue weighted by atomic mass is 10.1. The van der Waals surface area contributed by atoms with Crippen LogP contribution in [0.5, 0.6) is 5.75 Å². The van der Waals surface area contributed by atoms with Crippen LogP contribution in [0.25, 0.3) is 0 Å². The van der Waals surface area contributed by atoms with Crippen molar-refractivity contribution in [2.45, 2.75) is 25.0 Å². The maximum absolute atomic E-state index is 13.0. The Morgan fingerprint density at radius 1 is 1.19 bits per heavy atom. The smallest absolute Gasteiger partial charge is 0.345 e. The molecule has 3 rings (SSSR count). The number of carbonyl (C=O) groups is 2. The van der Waals surface area contributed by atoms with Gasteiger partial charge in [0.2, 0.25) is 6.10 Å². The zero-order valence-corrected chi connectivity index (χ0v) is 14.5. The molecule has 0 heterocycles. The molecule has 1 saturated carbocycles. The van der Waals surface area contributed by atoms with Crippen molar-refractivity contribution >= 4 is 23.5 Å². The topological polar surface area (TPSA) is 64.6 Å². The molecule has 0 spiro atoms. The third-order valence-electron chi connectivity index (χ3n) is 3.75. The Balaban J connectivity index is 1.63. The molecule has 0 saturated heterocycles. The van der Waals surface area contributed by atoms with Gasteiger partial charge in [0.05, 0.1) is 5.02 Å². The fraction of sp³-hybridized carbons (Fsp3) is 0.263. The standard InChI is InChI=1S/C19H17ClFNO4/c20-15-10-13(21)6-9-16(15)25-11-17(23)26-18(12-4-2-1-3-5-12)19(24)22-14-7-8-14/h1-6,9-10,14,18H,7-8,11H2,(H,22,24)/t18-/m0/s1. The summed E-state index contributed by atoms with van der Waals surface area (Å²) in [5.41, 5.74) is 0.568. The van der Waals surface area contributed by atoms with Crippen LogP contribution >= 0.6 is 11.6 Å². The van der Waals surface area contributed by atoms with Gasteiger partial charge in [-0.15, -0.1) is 0 Å². The summed E-state index contributed by atoms with van der Waals surface area (Å²) >= 11 is 5.85. The van der Waals surface area contributed by atoms with E-state index >= 15 is 0 Å². The summed E-state index contributed by atoms with van der Waals surface area (Å²) in [7, 11) is 0.